The van der Waals surface area contributed by atoms with Crippen molar-refractivity contribution in [1.82, 2.24) is 28.6 Å². The number of imidazole rings is 1. The van der Waals surface area contributed by atoms with Crippen LogP contribution in [0.5, 0.6) is 0 Å². The highest BCUT2D eigenvalue weighted by Gasteiger charge is 2.43. The molecule has 2 aliphatic rings. The summed E-state index contributed by atoms with van der Waals surface area (Å²) in [6.45, 7) is 8.47. The highest BCUT2D eigenvalue weighted by molar-refractivity contribution is 7.03. The topological polar surface area (TPSA) is 89.2 Å². The van der Waals surface area contributed by atoms with Crippen molar-refractivity contribution in [1.29, 1.82) is 0 Å². The molecular formula is C21H27N7O2S. The number of carbonyl (C=O) groups excluding carboxylic acids is 1. The number of amides is 1. The molecule has 2 saturated heterocycles. The monoisotopic (exact) mass is 441 g/mol. The number of fused-ring (bicyclic) bond motifs is 3. The maximum absolute atomic E-state index is 12.9. The molecule has 2 aliphatic heterocycles. The van der Waals surface area contributed by atoms with E-state index in [0.717, 1.165) is 37.3 Å². The predicted molar refractivity (Wildman–Crippen MR) is 120 cm³/mol. The second kappa shape index (κ2) is 7.15. The number of pyridine rings is 1. The number of anilines is 1. The molecular weight excluding hydrogens is 414 g/mol. The molecule has 2 fully saturated rings. The van der Waals surface area contributed by atoms with E-state index in [1.54, 1.807) is 17.0 Å². The Morgan fingerprint density at radius 3 is 2.52 bits per heavy atom. The van der Waals surface area contributed by atoms with Gasteiger partial charge in [0.05, 0.1) is 17.6 Å². The molecule has 0 aromatic carbocycles. The smallest absolute Gasteiger partial charge is 0.330 e. The lowest BCUT2D eigenvalue weighted by Crippen LogP contribution is -2.56. The van der Waals surface area contributed by atoms with Crippen LogP contribution < -0.4 is 10.6 Å². The van der Waals surface area contributed by atoms with E-state index >= 15 is 0 Å². The fraction of sp³-hybridized carbons (Fsp3) is 0.571. The number of hydrogen-bond acceptors (Lipinski definition) is 7. The van der Waals surface area contributed by atoms with Crippen LogP contribution >= 0.6 is 11.5 Å². The Bertz CT molecular complexity index is 1180. The lowest BCUT2D eigenvalue weighted by Gasteiger charge is -2.41. The van der Waals surface area contributed by atoms with E-state index in [2.05, 4.69) is 35.3 Å². The van der Waals surface area contributed by atoms with E-state index in [9.17, 15) is 9.59 Å². The van der Waals surface area contributed by atoms with E-state index in [0.29, 0.717) is 17.9 Å². The van der Waals surface area contributed by atoms with Crippen molar-refractivity contribution in [3.05, 3.63) is 33.7 Å². The van der Waals surface area contributed by atoms with E-state index in [-0.39, 0.29) is 29.1 Å². The summed E-state index contributed by atoms with van der Waals surface area (Å²) >= 11 is 1.20. The van der Waals surface area contributed by atoms with Crippen LogP contribution in [-0.4, -0.2) is 59.7 Å². The van der Waals surface area contributed by atoms with Crippen molar-refractivity contribution < 1.29 is 4.79 Å². The van der Waals surface area contributed by atoms with Gasteiger partial charge in [-0.05, 0) is 41.9 Å². The molecule has 0 radical (unpaired) electrons. The molecule has 31 heavy (non-hydrogen) atoms. The zero-order valence-electron chi connectivity index (χ0n) is 18.3. The lowest BCUT2D eigenvalue weighted by atomic mass is 9.97. The molecule has 5 rings (SSSR count). The first-order valence-corrected chi connectivity index (χ1v) is 11.5. The number of aryl methyl sites for hydroxylation is 1. The maximum Gasteiger partial charge on any atom is 0.330 e. The van der Waals surface area contributed by atoms with Crippen LogP contribution in [0.25, 0.3) is 11.2 Å². The maximum atomic E-state index is 12.9. The molecule has 0 N–H and O–H groups in total. The van der Waals surface area contributed by atoms with Crippen molar-refractivity contribution in [2.24, 2.45) is 12.5 Å². The summed E-state index contributed by atoms with van der Waals surface area (Å²) in [5, 5.41) is 5.68. The summed E-state index contributed by atoms with van der Waals surface area (Å²) in [6, 6.07) is 4.28. The number of hydrogen-bond donors (Lipinski definition) is 0. The van der Waals surface area contributed by atoms with Crippen LogP contribution in [0.2, 0.25) is 0 Å². The third-order valence-corrected chi connectivity index (χ3v) is 6.72. The highest BCUT2D eigenvalue weighted by atomic mass is 32.1. The van der Waals surface area contributed by atoms with Crippen molar-refractivity contribution in [3.63, 3.8) is 0 Å². The number of piperazine rings is 1. The molecule has 3 aromatic heterocycles. The Hall–Kier alpha value is -2.75. The number of rotatable bonds is 3. The molecule has 5 heterocycles. The molecule has 10 heteroatoms. The van der Waals surface area contributed by atoms with Crippen LogP contribution in [-0.2, 0) is 13.6 Å². The summed E-state index contributed by atoms with van der Waals surface area (Å²) in [5.74, 6) is 0.835. The van der Waals surface area contributed by atoms with Gasteiger partial charge in [-0.1, -0.05) is 25.3 Å². The lowest BCUT2D eigenvalue weighted by molar-refractivity contribution is 0.0635. The van der Waals surface area contributed by atoms with Crippen LogP contribution in [0.3, 0.4) is 0 Å². The Morgan fingerprint density at radius 2 is 1.90 bits per heavy atom. The largest absolute Gasteiger partial charge is 0.352 e. The molecule has 9 nitrogen and oxygen atoms in total. The highest BCUT2D eigenvalue weighted by Crippen LogP contribution is 2.33. The predicted octanol–water partition coefficient (Wildman–Crippen LogP) is 2.13. The fourth-order valence-electron chi connectivity index (χ4n) is 4.88. The third-order valence-electron chi connectivity index (χ3n) is 6.22. The van der Waals surface area contributed by atoms with Gasteiger partial charge >= 0.3 is 5.69 Å². The van der Waals surface area contributed by atoms with Gasteiger partial charge in [-0.2, -0.15) is 0 Å². The standard InChI is InChI=1S/C21H27N7O2S/c1-21(2,3)12-27-16-7-8-17(22-18(16)25(4)20(27)30)26-9-13-5-6-14(10-26)28(13)19(29)15-11-31-24-23-15/h7-8,11,13-14H,5-6,9-10,12H2,1-4H3. The van der Waals surface area contributed by atoms with Gasteiger partial charge in [0.25, 0.3) is 5.91 Å². The molecule has 1 amide bonds. The molecule has 2 unspecified atom stereocenters. The summed E-state index contributed by atoms with van der Waals surface area (Å²) in [7, 11) is 1.78. The molecule has 0 aliphatic carbocycles. The minimum Gasteiger partial charge on any atom is -0.352 e. The van der Waals surface area contributed by atoms with Gasteiger partial charge in [0.2, 0.25) is 0 Å². The zero-order chi connectivity index (χ0) is 21.9. The van der Waals surface area contributed by atoms with Gasteiger partial charge in [0, 0.05) is 32.1 Å². The second-order valence-corrected chi connectivity index (χ2v) is 10.4. The van der Waals surface area contributed by atoms with Crippen molar-refractivity contribution in [3.8, 4) is 0 Å². The van der Waals surface area contributed by atoms with Gasteiger partial charge in [0.15, 0.2) is 11.3 Å². The van der Waals surface area contributed by atoms with Gasteiger partial charge in [-0.25, -0.2) is 9.78 Å². The van der Waals surface area contributed by atoms with Crippen LogP contribution in [0.15, 0.2) is 22.3 Å². The minimum atomic E-state index is -0.0399. The van der Waals surface area contributed by atoms with Gasteiger partial charge in [-0.15, -0.1) is 5.10 Å². The van der Waals surface area contributed by atoms with E-state index < -0.39 is 0 Å². The molecule has 2 atom stereocenters. The molecule has 3 aromatic rings. The molecule has 0 saturated carbocycles. The van der Waals surface area contributed by atoms with E-state index in [1.807, 2.05) is 21.6 Å². The van der Waals surface area contributed by atoms with Crippen molar-refractivity contribution in [2.45, 2.75) is 52.2 Å². The van der Waals surface area contributed by atoms with E-state index in [1.165, 1.54) is 11.5 Å². The first kappa shape index (κ1) is 20.2. The zero-order valence-corrected chi connectivity index (χ0v) is 19.1. The number of nitrogens with zero attached hydrogens (tertiary/aromatic N) is 7. The van der Waals surface area contributed by atoms with Crippen LogP contribution in [0.1, 0.15) is 44.1 Å². The summed E-state index contributed by atoms with van der Waals surface area (Å²) in [4.78, 5) is 34.8. The number of carbonyl (C=O) groups is 1. The Morgan fingerprint density at radius 1 is 1.19 bits per heavy atom. The Labute approximate surface area is 184 Å². The van der Waals surface area contributed by atoms with Crippen LogP contribution in [0, 0.1) is 5.41 Å². The molecule has 164 valence electrons. The third kappa shape index (κ3) is 3.42. The normalized spacial score (nSPS) is 21.3. The van der Waals surface area contributed by atoms with Crippen LogP contribution in [0.4, 0.5) is 5.82 Å². The summed E-state index contributed by atoms with van der Waals surface area (Å²) in [6.07, 6.45) is 1.96. The van der Waals surface area contributed by atoms with E-state index in [4.69, 9.17) is 4.98 Å². The average molecular weight is 442 g/mol. The van der Waals surface area contributed by atoms with Gasteiger partial charge in [0.1, 0.15) is 5.82 Å². The first-order valence-electron chi connectivity index (χ1n) is 10.6. The Balaban J connectivity index is 1.43. The Kier molecular flexibility index (Phi) is 4.65. The van der Waals surface area contributed by atoms with Crippen molar-refractivity contribution >= 4 is 34.4 Å². The first-order chi connectivity index (χ1) is 14.7. The van der Waals surface area contributed by atoms with Crippen molar-refractivity contribution in [2.75, 3.05) is 18.0 Å². The average Bonchev–Trinajstić information content (AvgIpc) is 3.41. The summed E-state index contributed by atoms with van der Waals surface area (Å²) in [5.41, 5.74) is 1.95. The molecule has 2 bridgehead atoms. The van der Waals surface area contributed by atoms with Gasteiger partial charge in [-0.3, -0.25) is 13.9 Å². The van der Waals surface area contributed by atoms with Gasteiger partial charge < -0.3 is 9.80 Å². The summed E-state index contributed by atoms with van der Waals surface area (Å²) < 4.78 is 7.28. The molecule has 0 spiro atoms. The SMILES string of the molecule is Cn1c(=O)n(CC(C)(C)C)c2ccc(N3CC4CCC(C3)N4C(=O)c3csnn3)nc21. The fourth-order valence-corrected chi connectivity index (χ4v) is 5.31. The second-order valence-electron chi connectivity index (χ2n) is 9.79. The quantitative estimate of drug-likeness (QED) is 0.619. The minimum absolute atomic E-state index is 0.00826. The number of aromatic nitrogens is 5.